The molecule has 1 aliphatic rings. The minimum atomic E-state index is 0.658. The molecule has 1 fully saturated rings. The van der Waals surface area contributed by atoms with Crippen molar-refractivity contribution in [1.82, 2.24) is 9.97 Å². The van der Waals surface area contributed by atoms with Gasteiger partial charge in [0.05, 0.1) is 13.2 Å². The first kappa shape index (κ1) is 13.8. The zero-order valence-corrected chi connectivity index (χ0v) is 12.0. The van der Waals surface area contributed by atoms with Gasteiger partial charge < -0.3 is 15.1 Å². The third kappa shape index (κ3) is 2.81. The number of nitrogens with one attached hydrogen (secondary N) is 1. The minimum Gasteiger partial charge on any atom is -0.378 e. The number of ether oxygens (including phenoxy) is 1. The highest BCUT2D eigenvalue weighted by molar-refractivity contribution is 5.65. The third-order valence-electron chi connectivity index (χ3n) is 3.60. The number of rotatable bonds is 3. The van der Waals surface area contributed by atoms with Crippen molar-refractivity contribution in [2.45, 2.75) is 6.92 Å². The van der Waals surface area contributed by atoms with Gasteiger partial charge in [-0.1, -0.05) is 30.3 Å². The molecule has 0 spiro atoms. The maximum Gasteiger partial charge on any atom is 0.163 e. The molecule has 1 aromatic carbocycles. The Labute approximate surface area is 123 Å². The predicted octanol–water partition coefficient (Wildman–Crippen LogP) is 1.57. The molecule has 0 amide bonds. The van der Waals surface area contributed by atoms with E-state index >= 15 is 0 Å². The first-order valence-electron chi connectivity index (χ1n) is 7.03. The molecule has 0 saturated carbocycles. The molecule has 110 valence electrons. The summed E-state index contributed by atoms with van der Waals surface area (Å²) in [5.41, 5.74) is 4.61. The lowest BCUT2D eigenvalue weighted by Gasteiger charge is -2.29. The van der Waals surface area contributed by atoms with Crippen molar-refractivity contribution in [3.8, 4) is 11.4 Å². The number of hydrazine groups is 1. The average molecular weight is 285 g/mol. The molecule has 0 atom stereocenters. The van der Waals surface area contributed by atoms with Crippen LogP contribution in [0.2, 0.25) is 0 Å². The fourth-order valence-corrected chi connectivity index (χ4v) is 2.44. The van der Waals surface area contributed by atoms with Crippen LogP contribution in [0.4, 0.5) is 11.6 Å². The van der Waals surface area contributed by atoms with Gasteiger partial charge in [-0.3, -0.25) is 0 Å². The molecule has 1 aliphatic heterocycles. The van der Waals surface area contributed by atoms with Crippen molar-refractivity contribution in [2.75, 3.05) is 36.6 Å². The van der Waals surface area contributed by atoms with E-state index in [2.05, 4.69) is 15.3 Å². The molecule has 0 unspecified atom stereocenters. The van der Waals surface area contributed by atoms with Gasteiger partial charge in [0.2, 0.25) is 0 Å². The van der Waals surface area contributed by atoms with E-state index in [1.165, 1.54) is 0 Å². The van der Waals surface area contributed by atoms with Crippen LogP contribution in [-0.2, 0) is 4.74 Å². The van der Waals surface area contributed by atoms with Crippen LogP contribution in [-0.4, -0.2) is 36.3 Å². The van der Waals surface area contributed by atoms with E-state index in [4.69, 9.17) is 15.6 Å². The summed E-state index contributed by atoms with van der Waals surface area (Å²) in [5.74, 6) is 7.86. The average Bonchev–Trinajstić information content (AvgIpc) is 2.56. The van der Waals surface area contributed by atoms with Gasteiger partial charge in [0.25, 0.3) is 0 Å². The van der Waals surface area contributed by atoms with Crippen LogP contribution in [0.1, 0.15) is 5.56 Å². The number of nitrogen functional groups attached to an aromatic ring is 1. The Morgan fingerprint density at radius 1 is 1.14 bits per heavy atom. The van der Waals surface area contributed by atoms with E-state index in [0.717, 1.165) is 43.2 Å². The van der Waals surface area contributed by atoms with E-state index in [-0.39, 0.29) is 0 Å². The molecule has 6 nitrogen and oxygen atoms in total. The van der Waals surface area contributed by atoms with Gasteiger partial charge in [-0.2, -0.15) is 0 Å². The number of hydrogen-bond acceptors (Lipinski definition) is 6. The number of nitrogens with zero attached hydrogens (tertiary/aromatic N) is 3. The van der Waals surface area contributed by atoms with Crippen LogP contribution in [0.15, 0.2) is 30.3 Å². The summed E-state index contributed by atoms with van der Waals surface area (Å²) in [4.78, 5) is 11.5. The molecule has 2 aromatic rings. The SMILES string of the molecule is Cc1c(NN)nc(-c2ccccc2)nc1N1CCOCC1. The van der Waals surface area contributed by atoms with Crippen LogP contribution < -0.4 is 16.2 Å². The molecular formula is C15H19N5O. The lowest BCUT2D eigenvalue weighted by Crippen LogP contribution is -2.37. The Morgan fingerprint density at radius 3 is 2.52 bits per heavy atom. The molecule has 2 heterocycles. The summed E-state index contributed by atoms with van der Waals surface area (Å²) in [6.45, 7) is 5.08. The molecular weight excluding hydrogens is 266 g/mol. The fourth-order valence-electron chi connectivity index (χ4n) is 2.44. The van der Waals surface area contributed by atoms with E-state index in [1.54, 1.807) is 0 Å². The molecule has 1 aromatic heterocycles. The highest BCUT2D eigenvalue weighted by Crippen LogP contribution is 2.27. The van der Waals surface area contributed by atoms with Gasteiger partial charge in [-0.15, -0.1) is 0 Å². The largest absolute Gasteiger partial charge is 0.378 e. The molecule has 0 radical (unpaired) electrons. The number of aromatic nitrogens is 2. The highest BCUT2D eigenvalue weighted by Gasteiger charge is 2.19. The Morgan fingerprint density at radius 2 is 1.86 bits per heavy atom. The molecule has 1 saturated heterocycles. The van der Waals surface area contributed by atoms with Gasteiger partial charge >= 0.3 is 0 Å². The second-order valence-electron chi connectivity index (χ2n) is 4.95. The van der Waals surface area contributed by atoms with Crippen molar-refractivity contribution in [2.24, 2.45) is 5.84 Å². The van der Waals surface area contributed by atoms with Gasteiger partial charge in [0.1, 0.15) is 11.6 Å². The fraction of sp³-hybridized carbons (Fsp3) is 0.333. The topological polar surface area (TPSA) is 76.3 Å². The van der Waals surface area contributed by atoms with E-state index < -0.39 is 0 Å². The van der Waals surface area contributed by atoms with Crippen LogP contribution >= 0.6 is 0 Å². The summed E-state index contributed by atoms with van der Waals surface area (Å²) >= 11 is 0. The minimum absolute atomic E-state index is 0.658. The summed E-state index contributed by atoms with van der Waals surface area (Å²) in [7, 11) is 0. The zero-order chi connectivity index (χ0) is 14.7. The Bertz CT molecular complexity index is 611. The predicted molar refractivity (Wildman–Crippen MR) is 83.0 cm³/mol. The molecule has 0 aliphatic carbocycles. The van der Waals surface area contributed by atoms with E-state index in [0.29, 0.717) is 11.6 Å². The summed E-state index contributed by atoms with van der Waals surface area (Å²) in [6, 6.07) is 9.91. The first-order valence-corrected chi connectivity index (χ1v) is 7.03. The number of morpholine rings is 1. The van der Waals surface area contributed by atoms with Crippen molar-refractivity contribution in [3.05, 3.63) is 35.9 Å². The maximum atomic E-state index is 5.61. The van der Waals surface area contributed by atoms with Crippen molar-refractivity contribution < 1.29 is 4.74 Å². The Balaban J connectivity index is 2.06. The van der Waals surface area contributed by atoms with Crippen molar-refractivity contribution in [3.63, 3.8) is 0 Å². The molecule has 6 heteroatoms. The van der Waals surface area contributed by atoms with Gasteiger partial charge in [0, 0.05) is 24.2 Å². The van der Waals surface area contributed by atoms with E-state index in [9.17, 15) is 0 Å². The quantitative estimate of drug-likeness (QED) is 0.658. The number of benzene rings is 1. The standard InChI is InChI=1S/C15H19N5O/c1-11-13(19-16)17-14(12-5-3-2-4-6-12)18-15(11)20-7-9-21-10-8-20/h2-6H,7-10,16H2,1H3,(H,17,18,19). The van der Waals surface area contributed by atoms with Crippen LogP contribution in [0.5, 0.6) is 0 Å². The smallest absolute Gasteiger partial charge is 0.163 e. The number of hydrogen-bond donors (Lipinski definition) is 2. The highest BCUT2D eigenvalue weighted by atomic mass is 16.5. The lowest BCUT2D eigenvalue weighted by atomic mass is 10.2. The van der Waals surface area contributed by atoms with Gasteiger partial charge in [0.15, 0.2) is 5.82 Å². The van der Waals surface area contributed by atoms with E-state index in [1.807, 2.05) is 37.3 Å². The summed E-state index contributed by atoms with van der Waals surface area (Å²) < 4.78 is 5.41. The van der Waals surface area contributed by atoms with Crippen LogP contribution in [0, 0.1) is 6.92 Å². The van der Waals surface area contributed by atoms with Crippen LogP contribution in [0.25, 0.3) is 11.4 Å². The monoisotopic (exact) mass is 285 g/mol. The second kappa shape index (κ2) is 6.07. The molecule has 3 N–H and O–H groups in total. The summed E-state index contributed by atoms with van der Waals surface area (Å²) in [5, 5.41) is 0. The molecule has 0 bridgehead atoms. The third-order valence-corrected chi connectivity index (χ3v) is 3.60. The van der Waals surface area contributed by atoms with Crippen LogP contribution in [0.3, 0.4) is 0 Å². The molecule has 3 rings (SSSR count). The number of anilines is 2. The second-order valence-corrected chi connectivity index (χ2v) is 4.95. The van der Waals surface area contributed by atoms with Crippen molar-refractivity contribution >= 4 is 11.6 Å². The first-order chi connectivity index (χ1) is 10.3. The van der Waals surface area contributed by atoms with Gasteiger partial charge in [-0.25, -0.2) is 15.8 Å². The zero-order valence-electron chi connectivity index (χ0n) is 12.0. The Kier molecular flexibility index (Phi) is 3.98. The normalized spacial score (nSPS) is 15.0. The number of nitrogens with two attached hydrogens (primary N) is 1. The maximum absolute atomic E-state index is 5.61. The lowest BCUT2D eigenvalue weighted by molar-refractivity contribution is 0.122. The Hall–Kier alpha value is -2.18. The van der Waals surface area contributed by atoms with Gasteiger partial charge in [-0.05, 0) is 6.92 Å². The van der Waals surface area contributed by atoms with Crippen molar-refractivity contribution in [1.29, 1.82) is 0 Å². The summed E-state index contributed by atoms with van der Waals surface area (Å²) in [6.07, 6.45) is 0. The molecule has 21 heavy (non-hydrogen) atoms.